The fourth-order valence-electron chi connectivity index (χ4n) is 1.14. The lowest BCUT2D eigenvalue weighted by Crippen LogP contribution is -2.06. The Balaban J connectivity index is 2.51. The average Bonchev–Trinajstić information content (AvgIpc) is 2.50. The maximum atomic E-state index is 4.21. The van der Waals surface area contributed by atoms with E-state index in [1.54, 1.807) is 0 Å². The minimum atomic E-state index is 0.934. The van der Waals surface area contributed by atoms with Crippen LogP contribution < -0.4 is 5.32 Å². The van der Waals surface area contributed by atoms with Crippen LogP contribution in [0.4, 0.5) is 5.95 Å². The Morgan fingerprint density at radius 1 is 1.50 bits per heavy atom. The number of hydrogen-bond donors (Lipinski definition) is 1. The second-order valence-corrected chi connectivity index (χ2v) is 2.83. The predicted octanol–water partition coefficient (Wildman–Crippen LogP) is 2.11. The third kappa shape index (κ3) is 2.26. The number of rotatable bonds is 5. The summed E-state index contributed by atoms with van der Waals surface area (Å²) in [7, 11) is 0. The summed E-state index contributed by atoms with van der Waals surface area (Å²) in [6.45, 7) is 6.28. The number of imidazole rings is 1. The summed E-state index contributed by atoms with van der Waals surface area (Å²) in [4.78, 5) is 4.21. The Morgan fingerprint density at radius 2 is 2.33 bits per heavy atom. The van der Waals surface area contributed by atoms with Crippen LogP contribution in [0, 0.1) is 0 Å². The molecule has 0 radical (unpaired) electrons. The van der Waals surface area contributed by atoms with E-state index in [4.69, 9.17) is 0 Å². The van der Waals surface area contributed by atoms with E-state index in [0.717, 1.165) is 19.0 Å². The summed E-state index contributed by atoms with van der Waals surface area (Å²) in [5.41, 5.74) is 0. The van der Waals surface area contributed by atoms with Gasteiger partial charge in [-0.3, -0.25) is 0 Å². The van der Waals surface area contributed by atoms with E-state index in [1.165, 1.54) is 12.8 Å². The molecule has 0 aromatic carbocycles. The van der Waals surface area contributed by atoms with Crippen LogP contribution in [0.3, 0.4) is 0 Å². The number of aromatic nitrogens is 2. The van der Waals surface area contributed by atoms with Crippen LogP contribution >= 0.6 is 0 Å². The van der Waals surface area contributed by atoms with Crippen LogP contribution in [0.1, 0.15) is 26.7 Å². The first-order valence-electron chi connectivity index (χ1n) is 4.63. The van der Waals surface area contributed by atoms with Crippen molar-refractivity contribution in [1.82, 2.24) is 9.55 Å². The zero-order valence-corrected chi connectivity index (χ0v) is 7.88. The van der Waals surface area contributed by atoms with Gasteiger partial charge < -0.3 is 9.88 Å². The van der Waals surface area contributed by atoms with Crippen LogP contribution in [-0.4, -0.2) is 16.1 Å². The van der Waals surface area contributed by atoms with Gasteiger partial charge in [0.15, 0.2) is 0 Å². The second kappa shape index (κ2) is 4.80. The van der Waals surface area contributed by atoms with Crippen LogP contribution in [0.5, 0.6) is 0 Å². The van der Waals surface area contributed by atoms with Gasteiger partial charge in [0.1, 0.15) is 0 Å². The van der Waals surface area contributed by atoms with Gasteiger partial charge in [0.05, 0.1) is 0 Å². The highest BCUT2D eigenvalue weighted by Crippen LogP contribution is 2.05. The first kappa shape index (κ1) is 9.10. The molecule has 0 atom stereocenters. The lowest BCUT2D eigenvalue weighted by molar-refractivity contribution is 0.635. The molecule has 1 heterocycles. The van der Waals surface area contributed by atoms with Crippen molar-refractivity contribution in [3.05, 3.63) is 12.4 Å². The Morgan fingerprint density at radius 3 is 3.00 bits per heavy atom. The van der Waals surface area contributed by atoms with Crippen molar-refractivity contribution >= 4 is 5.95 Å². The van der Waals surface area contributed by atoms with Crippen molar-refractivity contribution in [2.24, 2.45) is 0 Å². The van der Waals surface area contributed by atoms with E-state index < -0.39 is 0 Å². The smallest absolute Gasteiger partial charge is 0.202 e. The summed E-state index contributed by atoms with van der Waals surface area (Å²) < 4.78 is 2.16. The highest BCUT2D eigenvalue weighted by molar-refractivity contribution is 5.25. The number of anilines is 1. The molecule has 3 heteroatoms. The van der Waals surface area contributed by atoms with E-state index in [2.05, 4.69) is 28.7 Å². The molecule has 0 amide bonds. The molecule has 0 fully saturated rings. The monoisotopic (exact) mass is 167 g/mol. The van der Waals surface area contributed by atoms with Crippen LogP contribution in [-0.2, 0) is 6.54 Å². The molecule has 0 spiro atoms. The van der Waals surface area contributed by atoms with Crippen molar-refractivity contribution < 1.29 is 0 Å². The van der Waals surface area contributed by atoms with Gasteiger partial charge in [-0.25, -0.2) is 4.98 Å². The minimum Gasteiger partial charge on any atom is -0.356 e. The van der Waals surface area contributed by atoms with Crippen molar-refractivity contribution in [2.75, 3.05) is 11.9 Å². The van der Waals surface area contributed by atoms with Crippen LogP contribution in [0.2, 0.25) is 0 Å². The van der Waals surface area contributed by atoms with Gasteiger partial charge in [-0.05, 0) is 13.3 Å². The average molecular weight is 167 g/mol. The normalized spacial score (nSPS) is 10.2. The highest BCUT2D eigenvalue weighted by Gasteiger charge is 1.98. The number of nitrogens with one attached hydrogen (secondary N) is 1. The minimum absolute atomic E-state index is 0.934. The maximum Gasteiger partial charge on any atom is 0.202 e. The number of nitrogens with zero attached hydrogens (tertiary/aromatic N) is 2. The van der Waals surface area contributed by atoms with Crippen LogP contribution in [0.25, 0.3) is 0 Å². The molecule has 1 rings (SSSR count). The van der Waals surface area contributed by atoms with Gasteiger partial charge in [0.2, 0.25) is 5.95 Å². The van der Waals surface area contributed by atoms with Gasteiger partial charge in [0.25, 0.3) is 0 Å². The Labute approximate surface area is 73.8 Å². The molecule has 0 aliphatic rings. The molecule has 3 nitrogen and oxygen atoms in total. The SMILES string of the molecule is CCCCn1ccnc1NCC. The highest BCUT2D eigenvalue weighted by atomic mass is 15.2. The molecular weight excluding hydrogens is 150 g/mol. The number of unbranched alkanes of at least 4 members (excludes halogenated alkanes) is 1. The molecular formula is C9H17N3. The topological polar surface area (TPSA) is 29.9 Å². The number of hydrogen-bond acceptors (Lipinski definition) is 2. The molecule has 0 aliphatic carbocycles. The third-order valence-corrected chi connectivity index (χ3v) is 1.80. The molecule has 0 bridgehead atoms. The fourth-order valence-corrected chi connectivity index (χ4v) is 1.14. The lowest BCUT2D eigenvalue weighted by Gasteiger charge is -2.06. The van der Waals surface area contributed by atoms with E-state index in [9.17, 15) is 0 Å². The molecule has 68 valence electrons. The van der Waals surface area contributed by atoms with Gasteiger partial charge in [-0.1, -0.05) is 13.3 Å². The zero-order chi connectivity index (χ0) is 8.81. The summed E-state index contributed by atoms with van der Waals surface area (Å²) in [6.07, 6.45) is 6.31. The van der Waals surface area contributed by atoms with E-state index in [0.29, 0.717) is 0 Å². The van der Waals surface area contributed by atoms with Crippen molar-refractivity contribution in [3.63, 3.8) is 0 Å². The molecule has 1 N–H and O–H groups in total. The first-order valence-corrected chi connectivity index (χ1v) is 4.63. The quantitative estimate of drug-likeness (QED) is 0.728. The first-order chi connectivity index (χ1) is 5.88. The molecule has 1 aromatic heterocycles. The predicted molar refractivity (Wildman–Crippen MR) is 51.3 cm³/mol. The third-order valence-electron chi connectivity index (χ3n) is 1.80. The van der Waals surface area contributed by atoms with Gasteiger partial charge in [-0.15, -0.1) is 0 Å². The number of aryl methyl sites for hydroxylation is 1. The van der Waals surface area contributed by atoms with E-state index >= 15 is 0 Å². The summed E-state index contributed by atoms with van der Waals surface area (Å²) in [5, 5.41) is 3.22. The molecule has 1 aromatic rings. The zero-order valence-electron chi connectivity index (χ0n) is 7.88. The van der Waals surface area contributed by atoms with Gasteiger partial charge in [0, 0.05) is 25.5 Å². The molecule has 0 saturated carbocycles. The Kier molecular flexibility index (Phi) is 3.64. The molecule has 0 saturated heterocycles. The van der Waals surface area contributed by atoms with Crippen molar-refractivity contribution in [3.8, 4) is 0 Å². The fraction of sp³-hybridized carbons (Fsp3) is 0.667. The summed E-state index contributed by atoms with van der Waals surface area (Å²) in [6, 6.07) is 0. The molecule has 12 heavy (non-hydrogen) atoms. The van der Waals surface area contributed by atoms with E-state index in [1.807, 2.05) is 12.4 Å². The largest absolute Gasteiger partial charge is 0.356 e. The maximum absolute atomic E-state index is 4.21. The van der Waals surface area contributed by atoms with Crippen LogP contribution in [0.15, 0.2) is 12.4 Å². The Hall–Kier alpha value is -0.990. The Bertz CT molecular complexity index is 217. The lowest BCUT2D eigenvalue weighted by atomic mass is 10.3. The van der Waals surface area contributed by atoms with Crippen molar-refractivity contribution in [1.29, 1.82) is 0 Å². The van der Waals surface area contributed by atoms with Crippen molar-refractivity contribution in [2.45, 2.75) is 33.2 Å². The second-order valence-electron chi connectivity index (χ2n) is 2.83. The summed E-state index contributed by atoms with van der Waals surface area (Å²) >= 11 is 0. The van der Waals surface area contributed by atoms with E-state index in [-0.39, 0.29) is 0 Å². The molecule has 0 unspecified atom stereocenters. The molecule has 0 aliphatic heterocycles. The van der Waals surface area contributed by atoms with Gasteiger partial charge in [-0.2, -0.15) is 0 Å². The summed E-state index contributed by atoms with van der Waals surface area (Å²) in [5.74, 6) is 0.992. The standard InChI is InChI=1S/C9H17N3/c1-3-5-7-12-8-6-11-9(12)10-4-2/h6,8H,3-5,7H2,1-2H3,(H,10,11). The van der Waals surface area contributed by atoms with Gasteiger partial charge >= 0.3 is 0 Å².